The van der Waals surface area contributed by atoms with Crippen molar-refractivity contribution >= 4 is 33.2 Å². The number of amides is 1. The topological polar surface area (TPSA) is 72.2 Å². The standard InChI is InChI=1S/C15H13BrN2O3/c1-10-2-7-14(18(20)21)13(8-10)17-15(19)12-5-3-11(9-16)4-6-12/h2-8H,9H2,1H3,(H,17,19). The van der Waals surface area contributed by atoms with Gasteiger partial charge < -0.3 is 5.32 Å². The molecule has 21 heavy (non-hydrogen) atoms. The third-order valence-corrected chi connectivity index (χ3v) is 3.61. The van der Waals surface area contributed by atoms with Crippen LogP contribution in [0.4, 0.5) is 11.4 Å². The summed E-state index contributed by atoms with van der Waals surface area (Å²) in [5.41, 5.74) is 2.43. The molecule has 0 saturated carbocycles. The fraction of sp³-hybridized carbons (Fsp3) is 0.133. The lowest BCUT2D eigenvalue weighted by atomic mass is 10.1. The molecule has 5 nitrogen and oxygen atoms in total. The van der Waals surface area contributed by atoms with Crippen molar-refractivity contribution in [3.63, 3.8) is 0 Å². The molecule has 0 unspecified atom stereocenters. The van der Waals surface area contributed by atoms with Crippen molar-refractivity contribution < 1.29 is 9.72 Å². The molecule has 0 bridgehead atoms. The lowest BCUT2D eigenvalue weighted by Crippen LogP contribution is -2.13. The van der Waals surface area contributed by atoms with E-state index in [-0.39, 0.29) is 17.3 Å². The van der Waals surface area contributed by atoms with E-state index in [9.17, 15) is 14.9 Å². The van der Waals surface area contributed by atoms with Crippen molar-refractivity contribution in [3.8, 4) is 0 Å². The van der Waals surface area contributed by atoms with E-state index in [0.29, 0.717) is 10.9 Å². The summed E-state index contributed by atoms with van der Waals surface area (Å²) < 4.78 is 0. The first-order chi connectivity index (χ1) is 10.0. The van der Waals surface area contributed by atoms with Gasteiger partial charge in [-0.05, 0) is 36.2 Å². The van der Waals surface area contributed by atoms with Crippen LogP contribution in [0.15, 0.2) is 42.5 Å². The van der Waals surface area contributed by atoms with E-state index in [2.05, 4.69) is 21.2 Å². The number of rotatable bonds is 4. The number of aryl methyl sites for hydroxylation is 1. The van der Waals surface area contributed by atoms with Gasteiger partial charge >= 0.3 is 0 Å². The molecule has 0 radical (unpaired) electrons. The molecule has 6 heteroatoms. The molecule has 0 aliphatic carbocycles. The van der Waals surface area contributed by atoms with Gasteiger partial charge in [-0.25, -0.2) is 0 Å². The van der Waals surface area contributed by atoms with Crippen LogP contribution in [0, 0.1) is 17.0 Å². The number of anilines is 1. The Morgan fingerprint density at radius 2 is 1.90 bits per heavy atom. The number of hydrogen-bond donors (Lipinski definition) is 1. The van der Waals surface area contributed by atoms with Gasteiger partial charge in [0.15, 0.2) is 0 Å². The van der Waals surface area contributed by atoms with Gasteiger partial charge in [0, 0.05) is 17.0 Å². The quantitative estimate of drug-likeness (QED) is 0.514. The summed E-state index contributed by atoms with van der Waals surface area (Å²) in [5.74, 6) is -0.371. The Morgan fingerprint density at radius 1 is 1.24 bits per heavy atom. The minimum atomic E-state index is -0.511. The van der Waals surface area contributed by atoms with Crippen LogP contribution in [-0.4, -0.2) is 10.8 Å². The average molecular weight is 349 g/mol. The Bertz CT molecular complexity index is 684. The lowest BCUT2D eigenvalue weighted by molar-refractivity contribution is -0.383. The van der Waals surface area contributed by atoms with Crippen molar-refractivity contribution in [1.29, 1.82) is 0 Å². The first kappa shape index (κ1) is 15.2. The predicted molar refractivity (Wildman–Crippen MR) is 84.9 cm³/mol. The van der Waals surface area contributed by atoms with E-state index in [0.717, 1.165) is 11.1 Å². The van der Waals surface area contributed by atoms with Gasteiger partial charge in [0.1, 0.15) is 5.69 Å². The van der Waals surface area contributed by atoms with Crippen LogP contribution in [0.1, 0.15) is 21.5 Å². The molecular weight excluding hydrogens is 336 g/mol. The average Bonchev–Trinajstić information content (AvgIpc) is 2.47. The molecule has 2 aromatic carbocycles. The maximum atomic E-state index is 12.2. The van der Waals surface area contributed by atoms with Gasteiger partial charge in [0.2, 0.25) is 0 Å². The fourth-order valence-corrected chi connectivity index (χ4v) is 2.22. The molecule has 2 aromatic rings. The Hall–Kier alpha value is -2.21. The van der Waals surface area contributed by atoms with E-state index in [1.54, 1.807) is 24.3 Å². The summed E-state index contributed by atoms with van der Waals surface area (Å²) >= 11 is 3.33. The highest BCUT2D eigenvalue weighted by molar-refractivity contribution is 9.08. The second kappa shape index (κ2) is 6.49. The van der Waals surface area contributed by atoms with E-state index in [4.69, 9.17) is 0 Å². The molecule has 108 valence electrons. The molecule has 0 aliphatic rings. The van der Waals surface area contributed by atoms with Crippen LogP contribution < -0.4 is 5.32 Å². The van der Waals surface area contributed by atoms with Crippen LogP contribution in [0.25, 0.3) is 0 Å². The number of nitrogens with zero attached hydrogens (tertiary/aromatic N) is 1. The third-order valence-electron chi connectivity index (χ3n) is 2.97. The first-order valence-corrected chi connectivity index (χ1v) is 7.34. The number of nitrogens with one attached hydrogen (secondary N) is 1. The molecule has 0 aliphatic heterocycles. The van der Waals surface area contributed by atoms with Crippen molar-refractivity contribution in [1.82, 2.24) is 0 Å². The number of nitro groups is 1. The van der Waals surface area contributed by atoms with Gasteiger partial charge in [-0.3, -0.25) is 14.9 Å². The van der Waals surface area contributed by atoms with Gasteiger partial charge in [-0.15, -0.1) is 0 Å². The van der Waals surface area contributed by atoms with Gasteiger partial charge in [0.05, 0.1) is 4.92 Å². The van der Waals surface area contributed by atoms with Crippen LogP contribution >= 0.6 is 15.9 Å². The van der Waals surface area contributed by atoms with Crippen molar-refractivity contribution in [3.05, 3.63) is 69.3 Å². The van der Waals surface area contributed by atoms with Gasteiger partial charge in [-0.2, -0.15) is 0 Å². The largest absolute Gasteiger partial charge is 0.316 e. The number of carbonyl (C=O) groups is 1. The molecular formula is C15H13BrN2O3. The molecule has 1 amide bonds. The Kier molecular flexibility index (Phi) is 4.70. The van der Waals surface area contributed by atoms with E-state index < -0.39 is 4.92 Å². The minimum absolute atomic E-state index is 0.119. The highest BCUT2D eigenvalue weighted by Gasteiger charge is 2.16. The molecule has 0 fully saturated rings. The SMILES string of the molecule is Cc1ccc([N+](=O)[O-])c(NC(=O)c2ccc(CBr)cc2)c1. The number of carbonyl (C=O) groups excluding carboxylic acids is 1. The number of hydrogen-bond acceptors (Lipinski definition) is 3. The minimum Gasteiger partial charge on any atom is -0.316 e. The lowest BCUT2D eigenvalue weighted by Gasteiger charge is -2.07. The van der Waals surface area contributed by atoms with Crippen molar-refractivity contribution in [2.24, 2.45) is 0 Å². The number of alkyl halides is 1. The molecule has 0 heterocycles. The van der Waals surface area contributed by atoms with E-state index in [1.165, 1.54) is 6.07 Å². The molecule has 2 rings (SSSR count). The van der Waals surface area contributed by atoms with Crippen LogP contribution in [0.2, 0.25) is 0 Å². The number of nitro benzene ring substituents is 1. The number of halogens is 1. The fourth-order valence-electron chi connectivity index (χ4n) is 1.85. The predicted octanol–water partition coefficient (Wildman–Crippen LogP) is 4.05. The second-order valence-electron chi connectivity index (χ2n) is 4.56. The smallest absolute Gasteiger partial charge is 0.292 e. The summed E-state index contributed by atoms with van der Waals surface area (Å²) in [6, 6.07) is 11.6. The number of benzene rings is 2. The maximum absolute atomic E-state index is 12.2. The molecule has 0 spiro atoms. The van der Waals surface area contributed by atoms with Crippen molar-refractivity contribution in [2.45, 2.75) is 12.3 Å². The third kappa shape index (κ3) is 3.66. The van der Waals surface area contributed by atoms with Crippen LogP contribution in [-0.2, 0) is 5.33 Å². The highest BCUT2D eigenvalue weighted by atomic mass is 79.9. The van der Waals surface area contributed by atoms with Gasteiger partial charge in [0.25, 0.3) is 11.6 Å². The zero-order chi connectivity index (χ0) is 15.4. The summed E-state index contributed by atoms with van der Waals surface area (Å²) in [6.45, 7) is 1.81. The summed E-state index contributed by atoms with van der Waals surface area (Å²) in [5, 5.41) is 14.3. The van der Waals surface area contributed by atoms with Crippen LogP contribution in [0.5, 0.6) is 0 Å². The summed E-state index contributed by atoms with van der Waals surface area (Å²) in [7, 11) is 0. The Labute approximate surface area is 130 Å². The summed E-state index contributed by atoms with van der Waals surface area (Å²) in [6.07, 6.45) is 0. The zero-order valence-corrected chi connectivity index (χ0v) is 12.9. The van der Waals surface area contributed by atoms with Crippen molar-refractivity contribution in [2.75, 3.05) is 5.32 Å². The second-order valence-corrected chi connectivity index (χ2v) is 5.12. The molecule has 0 atom stereocenters. The highest BCUT2D eigenvalue weighted by Crippen LogP contribution is 2.25. The van der Waals surface area contributed by atoms with Crippen LogP contribution in [0.3, 0.4) is 0 Å². The first-order valence-electron chi connectivity index (χ1n) is 6.22. The molecule has 0 saturated heterocycles. The van der Waals surface area contributed by atoms with E-state index >= 15 is 0 Å². The van der Waals surface area contributed by atoms with E-state index in [1.807, 2.05) is 19.1 Å². The normalized spacial score (nSPS) is 10.2. The molecule has 0 aromatic heterocycles. The maximum Gasteiger partial charge on any atom is 0.292 e. The van der Waals surface area contributed by atoms with Gasteiger partial charge in [-0.1, -0.05) is 34.1 Å². The zero-order valence-electron chi connectivity index (χ0n) is 11.3. The monoisotopic (exact) mass is 348 g/mol. The molecule has 1 N–H and O–H groups in total. The Balaban J connectivity index is 2.26. The summed E-state index contributed by atoms with van der Waals surface area (Å²) in [4.78, 5) is 22.6. The Morgan fingerprint density at radius 3 is 2.48 bits per heavy atom.